The van der Waals surface area contributed by atoms with E-state index in [1.54, 1.807) is 12.4 Å². The number of carbonyl (C=O) groups excluding carboxylic acids is 1. The van der Waals surface area contributed by atoms with Crippen LogP contribution in [0.25, 0.3) is 0 Å². The van der Waals surface area contributed by atoms with E-state index in [0.29, 0.717) is 29.9 Å². The van der Waals surface area contributed by atoms with Gasteiger partial charge in [-0.3, -0.25) is 9.48 Å². The van der Waals surface area contributed by atoms with Gasteiger partial charge >= 0.3 is 0 Å². The van der Waals surface area contributed by atoms with Crippen LogP contribution in [0.1, 0.15) is 43.0 Å². The number of halogens is 1. The lowest BCUT2D eigenvalue weighted by atomic mass is 10.1. The Morgan fingerprint density at radius 1 is 1.12 bits per heavy atom. The summed E-state index contributed by atoms with van der Waals surface area (Å²) in [5.74, 6) is 0.774. The highest BCUT2D eigenvalue weighted by atomic mass is 35.5. The molecule has 3 N–H and O–H groups in total. The monoisotopic (exact) mass is 465 g/mol. The average Bonchev–Trinajstić information content (AvgIpc) is 3.60. The van der Waals surface area contributed by atoms with Crippen LogP contribution in [0.15, 0.2) is 42.9 Å². The zero-order valence-electron chi connectivity index (χ0n) is 18.4. The minimum atomic E-state index is 0.110. The van der Waals surface area contributed by atoms with E-state index in [1.165, 1.54) is 0 Å². The Morgan fingerprint density at radius 3 is 2.76 bits per heavy atom. The van der Waals surface area contributed by atoms with Gasteiger partial charge in [0.15, 0.2) is 0 Å². The molecule has 0 spiro atoms. The third-order valence-corrected chi connectivity index (χ3v) is 6.53. The first-order valence-electron chi connectivity index (χ1n) is 11.6. The van der Waals surface area contributed by atoms with Gasteiger partial charge in [0, 0.05) is 17.8 Å². The quantitative estimate of drug-likeness (QED) is 0.463. The van der Waals surface area contributed by atoms with Crippen molar-refractivity contribution < 1.29 is 4.79 Å². The normalized spacial score (nSPS) is 16.5. The van der Waals surface area contributed by atoms with Crippen molar-refractivity contribution in [1.82, 2.24) is 25.1 Å². The van der Waals surface area contributed by atoms with Gasteiger partial charge < -0.3 is 16.0 Å². The lowest BCUT2D eigenvalue weighted by Gasteiger charge is -2.22. The maximum absolute atomic E-state index is 12.2. The number of nitrogens with zero attached hydrogens (tertiary/aromatic N) is 4. The molecular formula is C24H28ClN7O. The summed E-state index contributed by atoms with van der Waals surface area (Å²) in [7, 11) is 0. The van der Waals surface area contributed by atoms with Crippen LogP contribution in [-0.2, 0) is 17.6 Å². The molecule has 9 heteroatoms. The fourth-order valence-electron chi connectivity index (χ4n) is 4.13. The number of para-hydroxylation sites is 1. The van der Waals surface area contributed by atoms with Crippen molar-refractivity contribution in [3.8, 4) is 0 Å². The lowest BCUT2D eigenvalue weighted by molar-refractivity contribution is -0.117. The molecular weight excluding hydrogens is 438 g/mol. The van der Waals surface area contributed by atoms with E-state index in [0.717, 1.165) is 61.4 Å². The third-order valence-electron chi connectivity index (χ3n) is 6.21. The van der Waals surface area contributed by atoms with Crippen molar-refractivity contribution >= 4 is 34.8 Å². The summed E-state index contributed by atoms with van der Waals surface area (Å²) in [6.07, 6.45) is 10.9. The zero-order valence-corrected chi connectivity index (χ0v) is 19.2. The summed E-state index contributed by atoms with van der Waals surface area (Å²) in [5, 5.41) is 14.7. The number of hydrogen-bond donors (Lipinski definition) is 3. The molecule has 3 heterocycles. The van der Waals surface area contributed by atoms with Gasteiger partial charge in [0.05, 0.1) is 34.8 Å². The molecule has 33 heavy (non-hydrogen) atoms. The molecule has 3 aromatic rings. The summed E-state index contributed by atoms with van der Waals surface area (Å²) >= 11 is 6.40. The molecule has 1 aliphatic carbocycles. The van der Waals surface area contributed by atoms with E-state index in [-0.39, 0.29) is 11.8 Å². The molecule has 1 aliphatic heterocycles. The first-order valence-corrected chi connectivity index (χ1v) is 12.0. The SMILES string of the molecule is O=C(Nc1ccccc1CCc1nc(Nc2cnn(C3CCNCC3)c2)ncc1Cl)C1CC1. The second-order valence-corrected chi connectivity index (χ2v) is 9.13. The molecule has 2 aliphatic rings. The number of piperidine rings is 1. The Labute approximate surface area is 198 Å². The number of rotatable bonds is 8. The minimum Gasteiger partial charge on any atom is -0.326 e. The number of anilines is 3. The number of carbonyl (C=O) groups is 1. The number of aromatic nitrogens is 4. The Bertz CT molecular complexity index is 1120. The van der Waals surface area contributed by atoms with Gasteiger partial charge in [-0.15, -0.1) is 0 Å². The number of nitrogens with one attached hydrogen (secondary N) is 3. The summed E-state index contributed by atoms with van der Waals surface area (Å²) in [6.45, 7) is 2.04. The minimum absolute atomic E-state index is 0.110. The van der Waals surface area contributed by atoms with Gasteiger partial charge in [0.1, 0.15) is 0 Å². The number of aryl methyl sites for hydroxylation is 2. The van der Waals surface area contributed by atoms with Crippen LogP contribution in [-0.4, -0.2) is 38.7 Å². The molecule has 5 rings (SSSR count). The molecule has 1 aromatic carbocycles. The topological polar surface area (TPSA) is 96.8 Å². The first kappa shape index (κ1) is 21.9. The lowest BCUT2D eigenvalue weighted by Crippen LogP contribution is -2.29. The van der Waals surface area contributed by atoms with Crippen molar-refractivity contribution in [2.75, 3.05) is 23.7 Å². The highest BCUT2D eigenvalue weighted by molar-refractivity contribution is 6.31. The van der Waals surface area contributed by atoms with Gasteiger partial charge in [-0.25, -0.2) is 9.97 Å². The van der Waals surface area contributed by atoms with E-state index < -0.39 is 0 Å². The standard InChI is InChI=1S/C24H28ClN7O/c25-20-14-27-24(29-18-13-28-32(15-18)19-9-11-26-12-10-19)31-22(20)8-7-16-3-1-2-4-21(16)30-23(33)17-5-6-17/h1-4,13-15,17,19,26H,5-12H2,(H,30,33)(H,27,29,31). The summed E-state index contributed by atoms with van der Waals surface area (Å²) < 4.78 is 2.02. The second-order valence-electron chi connectivity index (χ2n) is 8.72. The highest BCUT2D eigenvalue weighted by Crippen LogP contribution is 2.31. The molecule has 1 amide bonds. The summed E-state index contributed by atoms with van der Waals surface area (Å²) in [6, 6.07) is 8.33. The zero-order chi connectivity index (χ0) is 22.6. The molecule has 1 saturated heterocycles. The largest absolute Gasteiger partial charge is 0.326 e. The van der Waals surface area contributed by atoms with E-state index in [4.69, 9.17) is 11.6 Å². The van der Waals surface area contributed by atoms with Gasteiger partial charge in [-0.05, 0) is 63.2 Å². The predicted molar refractivity (Wildman–Crippen MR) is 129 cm³/mol. The molecule has 0 atom stereocenters. The van der Waals surface area contributed by atoms with Crippen molar-refractivity contribution in [2.24, 2.45) is 5.92 Å². The van der Waals surface area contributed by atoms with E-state index in [2.05, 4.69) is 31.0 Å². The Hall–Kier alpha value is -2.97. The fraction of sp³-hybridized carbons (Fsp3) is 0.417. The van der Waals surface area contributed by atoms with Crippen LogP contribution < -0.4 is 16.0 Å². The van der Waals surface area contributed by atoms with Crippen molar-refractivity contribution in [3.05, 3.63) is 59.1 Å². The average molecular weight is 466 g/mol. The van der Waals surface area contributed by atoms with Crippen molar-refractivity contribution in [2.45, 2.75) is 44.6 Å². The third kappa shape index (κ3) is 5.51. The number of hydrogen-bond acceptors (Lipinski definition) is 6. The van der Waals surface area contributed by atoms with Crippen LogP contribution in [0.3, 0.4) is 0 Å². The van der Waals surface area contributed by atoms with E-state index in [1.807, 2.05) is 35.1 Å². The molecule has 172 valence electrons. The van der Waals surface area contributed by atoms with Crippen LogP contribution in [0.5, 0.6) is 0 Å². The predicted octanol–water partition coefficient (Wildman–Crippen LogP) is 4.13. The fourth-order valence-corrected chi connectivity index (χ4v) is 4.32. The van der Waals surface area contributed by atoms with Crippen LogP contribution in [0.4, 0.5) is 17.3 Å². The number of benzene rings is 1. The summed E-state index contributed by atoms with van der Waals surface area (Å²) in [4.78, 5) is 21.2. The molecule has 0 unspecified atom stereocenters. The van der Waals surface area contributed by atoms with Gasteiger partial charge in [0.25, 0.3) is 0 Å². The van der Waals surface area contributed by atoms with E-state index >= 15 is 0 Å². The van der Waals surface area contributed by atoms with Crippen LogP contribution >= 0.6 is 11.6 Å². The highest BCUT2D eigenvalue weighted by Gasteiger charge is 2.29. The Kier molecular flexibility index (Phi) is 6.55. The van der Waals surface area contributed by atoms with Gasteiger partial charge in [-0.1, -0.05) is 29.8 Å². The maximum Gasteiger partial charge on any atom is 0.227 e. The van der Waals surface area contributed by atoms with E-state index in [9.17, 15) is 4.79 Å². The smallest absolute Gasteiger partial charge is 0.227 e. The molecule has 8 nitrogen and oxygen atoms in total. The van der Waals surface area contributed by atoms with Crippen LogP contribution in [0, 0.1) is 5.92 Å². The van der Waals surface area contributed by atoms with Gasteiger partial charge in [-0.2, -0.15) is 5.10 Å². The van der Waals surface area contributed by atoms with Crippen LogP contribution in [0.2, 0.25) is 5.02 Å². The van der Waals surface area contributed by atoms with Crippen molar-refractivity contribution in [1.29, 1.82) is 0 Å². The first-order chi connectivity index (χ1) is 16.2. The molecule has 0 radical (unpaired) electrons. The Morgan fingerprint density at radius 2 is 1.94 bits per heavy atom. The molecule has 1 saturated carbocycles. The van der Waals surface area contributed by atoms with Gasteiger partial charge in [0.2, 0.25) is 11.9 Å². The molecule has 2 aromatic heterocycles. The second kappa shape index (κ2) is 9.89. The number of amides is 1. The maximum atomic E-state index is 12.2. The summed E-state index contributed by atoms with van der Waals surface area (Å²) in [5.41, 5.74) is 3.56. The Balaban J connectivity index is 1.24. The molecule has 0 bridgehead atoms. The van der Waals surface area contributed by atoms with Crippen molar-refractivity contribution in [3.63, 3.8) is 0 Å². The molecule has 2 fully saturated rings.